The van der Waals surface area contributed by atoms with Crippen LogP contribution >= 0.6 is 15.9 Å². The fourth-order valence-electron chi connectivity index (χ4n) is 2.27. The molecule has 0 aliphatic heterocycles. The van der Waals surface area contributed by atoms with E-state index in [2.05, 4.69) is 28.2 Å². The predicted molar refractivity (Wildman–Crippen MR) is 76.0 cm³/mol. The van der Waals surface area contributed by atoms with Crippen LogP contribution in [0.15, 0.2) is 16.6 Å². The van der Waals surface area contributed by atoms with E-state index in [0.29, 0.717) is 16.3 Å². The van der Waals surface area contributed by atoms with Gasteiger partial charge in [-0.05, 0) is 59.3 Å². The zero-order valence-corrected chi connectivity index (χ0v) is 12.5. The summed E-state index contributed by atoms with van der Waals surface area (Å²) in [5.41, 5.74) is 1.11. The molecule has 0 spiro atoms. The maximum Gasteiger partial charge on any atom is 0.172 e. The Bertz CT molecular complexity index is 419. The van der Waals surface area contributed by atoms with Crippen LogP contribution in [0.1, 0.15) is 31.7 Å². The first-order valence-electron chi connectivity index (χ1n) is 6.40. The minimum atomic E-state index is 0.160. The molecule has 100 valence electrons. The van der Waals surface area contributed by atoms with Crippen LogP contribution in [0.3, 0.4) is 0 Å². The summed E-state index contributed by atoms with van der Waals surface area (Å²) in [7, 11) is 1.57. The molecule has 3 nitrogen and oxygen atoms in total. The van der Waals surface area contributed by atoms with E-state index in [-0.39, 0.29) is 5.75 Å². The normalized spacial score (nSPS) is 17.3. The molecule has 0 aromatic heterocycles. The first-order valence-corrected chi connectivity index (χ1v) is 7.20. The highest BCUT2D eigenvalue weighted by Crippen LogP contribution is 2.35. The number of nitrogens with one attached hydrogen (secondary N) is 1. The predicted octanol–water partition coefficient (Wildman–Crippen LogP) is 3.44. The van der Waals surface area contributed by atoms with Gasteiger partial charge in [0.2, 0.25) is 0 Å². The van der Waals surface area contributed by atoms with E-state index in [0.717, 1.165) is 18.0 Å². The molecule has 0 amide bonds. The molecular weight excluding hydrogens is 294 g/mol. The van der Waals surface area contributed by atoms with Crippen molar-refractivity contribution in [2.75, 3.05) is 7.11 Å². The number of ether oxygens (including phenoxy) is 1. The molecule has 1 saturated carbocycles. The number of methoxy groups -OCH3 is 1. The van der Waals surface area contributed by atoms with Gasteiger partial charge in [0.1, 0.15) is 0 Å². The maximum absolute atomic E-state index is 9.74. The quantitative estimate of drug-likeness (QED) is 0.875. The van der Waals surface area contributed by atoms with Crippen molar-refractivity contribution >= 4 is 15.9 Å². The molecule has 1 fully saturated rings. The summed E-state index contributed by atoms with van der Waals surface area (Å²) >= 11 is 3.34. The van der Waals surface area contributed by atoms with Crippen molar-refractivity contribution in [2.45, 2.75) is 38.8 Å². The zero-order chi connectivity index (χ0) is 13.1. The highest BCUT2D eigenvalue weighted by atomic mass is 79.9. The number of hydrogen-bond acceptors (Lipinski definition) is 3. The minimum Gasteiger partial charge on any atom is -0.503 e. The van der Waals surface area contributed by atoms with E-state index < -0.39 is 0 Å². The van der Waals surface area contributed by atoms with Crippen molar-refractivity contribution in [3.8, 4) is 11.5 Å². The lowest BCUT2D eigenvalue weighted by molar-refractivity contribution is 0.240. The van der Waals surface area contributed by atoms with Gasteiger partial charge < -0.3 is 15.2 Å². The Hall–Kier alpha value is -0.740. The lowest BCUT2D eigenvalue weighted by Gasteiger charge is -2.32. The molecule has 0 radical (unpaired) electrons. The van der Waals surface area contributed by atoms with E-state index in [1.165, 1.54) is 19.3 Å². The fraction of sp³-hybridized carbons (Fsp3) is 0.571. The molecule has 1 atom stereocenters. The Balaban J connectivity index is 1.98. The third kappa shape index (κ3) is 2.98. The van der Waals surface area contributed by atoms with Gasteiger partial charge in [-0.2, -0.15) is 0 Å². The highest BCUT2D eigenvalue weighted by molar-refractivity contribution is 9.10. The summed E-state index contributed by atoms with van der Waals surface area (Å²) in [4.78, 5) is 0. The van der Waals surface area contributed by atoms with Gasteiger partial charge in [-0.15, -0.1) is 0 Å². The second-order valence-electron chi connectivity index (χ2n) is 4.99. The van der Waals surface area contributed by atoms with Crippen LogP contribution in [-0.2, 0) is 6.54 Å². The Labute approximate surface area is 117 Å². The first kappa shape index (κ1) is 13.7. The lowest BCUT2D eigenvalue weighted by Crippen LogP contribution is -2.36. The van der Waals surface area contributed by atoms with Gasteiger partial charge in [0, 0.05) is 12.6 Å². The molecule has 18 heavy (non-hydrogen) atoms. The molecule has 0 saturated heterocycles. The van der Waals surface area contributed by atoms with Crippen molar-refractivity contribution in [1.29, 1.82) is 0 Å². The monoisotopic (exact) mass is 313 g/mol. The summed E-state index contributed by atoms with van der Waals surface area (Å²) in [5.74, 6) is 1.50. The molecule has 0 heterocycles. The van der Waals surface area contributed by atoms with Crippen molar-refractivity contribution in [1.82, 2.24) is 5.32 Å². The van der Waals surface area contributed by atoms with Crippen molar-refractivity contribution in [3.05, 3.63) is 22.2 Å². The van der Waals surface area contributed by atoms with Gasteiger partial charge in [-0.1, -0.05) is 6.42 Å². The third-order valence-corrected chi connectivity index (χ3v) is 4.40. The second-order valence-corrected chi connectivity index (χ2v) is 5.84. The van der Waals surface area contributed by atoms with Gasteiger partial charge in [0.25, 0.3) is 0 Å². The Morgan fingerprint density at radius 2 is 2.22 bits per heavy atom. The van der Waals surface area contributed by atoms with Crippen LogP contribution in [-0.4, -0.2) is 18.3 Å². The van der Waals surface area contributed by atoms with Crippen LogP contribution in [0.25, 0.3) is 0 Å². The largest absolute Gasteiger partial charge is 0.503 e. The SMILES string of the molecule is COc1cc(CNC(C)C2CCC2)cc(Br)c1O. The van der Waals surface area contributed by atoms with Gasteiger partial charge in [-0.3, -0.25) is 0 Å². The smallest absolute Gasteiger partial charge is 0.172 e. The zero-order valence-electron chi connectivity index (χ0n) is 10.9. The van der Waals surface area contributed by atoms with Crippen LogP contribution in [0, 0.1) is 5.92 Å². The highest BCUT2D eigenvalue weighted by Gasteiger charge is 2.23. The van der Waals surface area contributed by atoms with Gasteiger partial charge in [0.05, 0.1) is 11.6 Å². The van der Waals surface area contributed by atoms with Crippen LogP contribution in [0.5, 0.6) is 11.5 Å². The van der Waals surface area contributed by atoms with E-state index in [1.807, 2.05) is 12.1 Å². The summed E-state index contributed by atoms with van der Waals surface area (Å²) in [6.07, 6.45) is 4.06. The first-order chi connectivity index (χ1) is 8.61. The van der Waals surface area contributed by atoms with E-state index in [9.17, 15) is 5.11 Å². The number of benzene rings is 1. The Kier molecular flexibility index (Phi) is 4.51. The second kappa shape index (κ2) is 5.93. The van der Waals surface area contributed by atoms with Crippen LogP contribution < -0.4 is 10.1 Å². The average molecular weight is 314 g/mol. The minimum absolute atomic E-state index is 0.160. The molecule has 2 N–H and O–H groups in total. The molecule has 1 aliphatic carbocycles. The number of phenolic OH excluding ortho intramolecular Hbond substituents is 1. The average Bonchev–Trinajstić information content (AvgIpc) is 2.28. The lowest BCUT2D eigenvalue weighted by atomic mass is 9.80. The van der Waals surface area contributed by atoms with Crippen LogP contribution in [0.2, 0.25) is 0 Å². The van der Waals surface area contributed by atoms with E-state index in [4.69, 9.17) is 4.74 Å². The Morgan fingerprint density at radius 1 is 1.50 bits per heavy atom. The number of phenols is 1. The fourth-order valence-corrected chi connectivity index (χ4v) is 2.76. The van der Waals surface area contributed by atoms with Gasteiger partial charge >= 0.3 is 0 Å². The van der Waals surface area contributed by atoms with E-state index >= 15 is 0 Å². The van der Waals surface area contributed by atoms with E-state index in [1.54, 1.807) is 7.11 Å². The van der Waals surface area contributed by atoms with Crippen molar-refractivity contribution < 1.29 is 9.84 Å². The number of hydrogen-bond donors (Lipinski definition) is 2. The van der Waals surface area contributed by atoms with Crippen molar-refractivity contribution in [2.24, 2.45) is 5.92 Å². The van der Waals surface area contributed by atoms with Gasteiger partial charge in [0.15, 0.2) is 11.5 Å². The van der Waals surface area contributed by atoms with Crippen LogP contribution in [0.4, 0.5) is 0 Å². The Morgan fingerprint density at radius 3 is 2.78 bits per heavy atom. The van der Waals surface area contributed by atoms with Gasteiger partial charge in [-0.25, -0.2) is 0 Å². The molecule has 2 rings (SSSR count). The molecule has 1 aliphatic rings. The molecule has 0 bridgehead atoms. The molecule has 1 aromatic carbocycles. The topological polar surface area (TPSA) is 41.5 Å². The summed E-state index contributed by atoms with van der Waals surface area (Å²) in [5, 5.41) is 13.3. The molecule has 1 unspecified atom stereocenters. The van der Waals surface area contributed by atoms with Crippen molar-refractivity contribution in [3.63, 3.8) is 0 Å². The standard InChI is InChI=1S/C14H20BrNO2/c1-9(11-4-3-5-11)16-8-10-6-12(15)14(17)13(7-10)18-2/h6-7,9,11,16-17H,3-5,8H2,1-2H3. The summed E-state index contributed by atoms with van der Waals surface area (Å²) in [6.45, 7) is 3.05. The molecule has 1 aromatic rings. The summed E-state index contributed by atoms with van der Waals surface area (Å²) < 4.78 is 5.82. The third-order valence-electron chi connectivity index (χ3n) is 3.79. The maximum atomic E-state index is 9.74. The molecular formula is C14H20BrNO2. The molecule has 4 heteroatoms. The summed E-state index contributed by atoms with van der Waals surface area (Å²) in [6, 6.07) is 4.36. The number of aromatic hydroxyl groups is 1. The number of halogens is 1. The number of rotatable bonds is 5.